The van der Waals surface area contributed by atoms with Crippen molar-refractivity contribution in [2.75, 3.05) is 26.3 Å². The summed E-state index contributed by atoms with van der Waals surface area (Å²) < 4.78 is 5.41. The van der Waals surface area contributed by atoms with Gasteiger partial charge in [-0.3, -0.25) is 9.69 Å². The molecule has 19 heavy (non-hydrogen) atoms. The van der Waals surface area contributed by atoms with Crippen LogP contribution in [0.25, 0.3) is 0 Å². The van der Waals surface area contributed by atoms with Gasteiger partial charge in [-0.15, -0.1) is 0 Å². The molecule has 1 unspecified atom stereocenters. The molecule has 0 aliphatic carbocycles. The Hall–Kier alpha value is -1.12. The van der Waals surface area contributed by atoms with Crippen LogP contribution in [0.1, 0.15) is 34.1 Å². The molecule has 0 spiro atoms. The van der Waals surface area contributed by atoms with Gasteiger partial charge in [0, 0.05) is 19.1 Å². The van der Waals surface area contributed by atoms with Gasteiger partial charge in [-0.25, -0.2) is 0 Å². The van der Waals surface area contributed by atoms with Crippen molar-refractivity contribution >= 4 is 5.91 Å². The van der Waals surface area contributed by atoms with E-state index in [0.717, 1.165) is 19.5 Å². The van der Waals surface area contributed by atoms with Gasteiger partial charge in [-0.2, -0.15) is 5.26 Å². The molecule has 0 bridgehead atoms. The van der Waals surface area contributed by atoms with Gasteiger partial charge in [0.1, 0.15) is 6.04 Å². The fourth-order valence-corrected chi connectivity index (χ4v) is 2.01. The van der Waals surface area contributed by atoms with Crippen LogP contribution in [0.15, 0.2) is 0 Å². The average molecular weight is 267 g/mol. The van der Waals surface area contributed by atoms with E-state index in [4.69, 9.17) is 10.00 Å². The largest absolute Gasteiger partial charge is 0.378 e. The Labute approximate surface area is 115 Å². The summed E-state index contributed by atoms with van der Waals surface area (Å²) in [6.45, 7) is 10.3. The molecule has 1 atom stereocenters. The van der Waals surface area contributed by atoms with E-state index in [9.17, 15) is 4.79 Å². The van der Waals surface area contributed by atoms with Crippen molar-refractivity contribution in [1.29, 1.82) is 5.26 Å². The maximum Gasteiger partial charge on any atom is 0.239 e. The fourth-order valence-electron chi connectivity index (χ4n) is 2.01. The summed E-state index contributed by atoms with van der Waals surface area (Å²) in [5.41, 5.74) is -0.350. The number of hydrogen-bond acceptors (Lipinski definition) is 4. The zero-order valence-corrected chi connectivity index (χ0v) is 12.4. The van der Waals surface area contributed by atoms with E-state index in [0.29, 0.717) is 13.2 Å². The van der Waals surface area contributed by atoms with E-state index < -0.39 is 0 Å². The lowest BCUT2D eigenvalue weighted by Gasteiger charge is -2.36. The third kappa shape index (κ3) is 5.17. The summed E-state index contributed by atoms with van der Waals surface area (Å²) >= 11 is 0. The SMILES string of the molecule is CC(C)NC(=O)C1COCCN1CCC(C)(C)C#N. The summed E-state index contributed by atoms with van der Waals surface area (Å²) in [6, 6.07) is 2.20. The molecule has 1 aliphatic heterocycles. The lowest BCUT2D eigenvalue weighted by molar-refractivity contribution is -0.133. The molecule has 108 valence electrons. The summed E-state index contributed by atoms with van der Waals surface area (Å²) in [4.78, 5) is 14.2. The number of carbonyl (C=O) groups is 1. The van der Waals surface area contributed by atoms with Crippen molar-refractivity contribution < 1.29 is 9.53 Å². The van der Waals surface area contributed by atoms with Crippen molar-refractivity contribution in [3.63, 3.8) is 0 Å². The highest BCUT2D eigenvalue weighted by Crippen LogP contribution is 2.20. The van der Waals surface area contributed by atoms with Crippen molar-refractivity contribution in [2.45, 2.75) is 46.2 Å². The minimum absolute atomic E-state index is 0.0180. The van der Waals surface area contributed by atoms with E-state index in [2.05, 4.69) is 16.3 Å². The number of carbonyl (C=O) groups excluding carboxylic acids is 1. The predicted molar refractivity (Wildman–Crippen MR) is 73.5 cm³/mol. The van der Waals surface area contributed by atoms with Gasteiger partial charge in [0.15, 0.2) is 0 Å². The number of amides is 1. The molecule has 1 fully saturated rings. The maximum absolute atomic E-state index is 12.1. The minimum Gasteiger partial charge on any atom is -0.378 e. The van der Waals surface area contributed by atoms with Crippen LogP contribution in [0, 0.1) is 16.7 Å². The topological polar surface area (TPSA) is 65.4 Å². The van der Waals surface area contributed by atoms with Crippen LogP contribution in [-0.4, -0.2) is 49.2 Å². The van der Waals surface area contributed by atoms with E-state index in [-0.39, 0.29) is 23.4 Å². The fraction of sp³-hybridized carbons (Fsp3) is 0.857. The highest BCUT2D eigenvalue weighted by Gasteiger charge is 2.30. The average Bonchev–Trinajstić information content (AvgIpc) is 2.36. The lowest BCUT2D eigenvalue weighted by atomic mass is 9.91. The quantitative estimate of drug-likeness (QED) is 0.811. The molecule has 5 nitrogen and oxygen atoms in total. The molecule has 1 rings (SSSR count). The number of nitrogens with one attached hydrogen (secondary N) is 1. The Kier molecular flexibility index (Phi) is 5.77. The zero-order chi connectivity index (χ0) is 14.5. The van der Waals surface area contributed by atoms with Gasteiger partial charge >= 0.3 is 0 Å². The molecule has 1 amide bonds. The maximum atomic E-state index is 12.1. The van der Waals surface area contributed by atoms with Crippen LogP contribution >= 0.6 is 0 Å². The van der Waals surface area contributed by atoms with Gasteiger partial charge < -0.3 is 10.1 Å². The first kappa shape index (κ1) is 15.9. The van der Waals surface area contributed by atoms with Crippen molar-refractivity contribution in [1.82, 2.24) is 10.2 Å². The molecular formula is C14H25N3O2. The Balaban J connectivity index is 2.58. The number of nitrogens with zero attached hydrogens (tertiary/aromatic N) is 2. The van der Waals surface area contributed by atoms with Crippen LogP contribution in [0.3, 0.4) is 0 Å². The number of nitriles is 1. The zero-order valence-electron chi connectivity index (χ0n) is 12.4. The molecule has 0 aromatic rings. The molecule has 0 radical (unpaired) electrons. The Morgan fingerprint density at radius 2 is 2.26 bits per heavy atom. The summed E-state index contributed by atoms with van der Waals surface area (Å²) in [5.74, 6) is 0.0180. The van der Waals surface area contributed by atoms with Crippen molar-refractivity contribution in [2.24, 2.45) is 5.41 Å². The van der Waals surface area contributed by atoms with Gasteiger partial charge in [0.25, 0.3) is 0 Å². The Morgan fingerprint density at radius 1 is 1.58 bits per heavy atom. The van der Waals surface area contributed by atoms with Crippen LogP contribution < -0.4 is 5.32 Å². The van der Waals surface area contributed by atoms with Crippen LogP contribution in [0.5, 0.6) is 0 Å². The molecule has 1 saturated heterocycles. The lowest BCUT2D eigenvalue weighted by Crippen LogP contribution is -2.55. The van der Waals surface area contributed by atoms with Crippen LogP contribution in [-0.2, 0) is 9.53 Å². The predicted octanol–water partition coefficient (Wildman–Crippen LogP) is 1.15. The summed E-state index contributed by atoms with van der Waals surface area (Å²) in [7, 11) is 0. The molecule has 1 aliphatic rings. The first-order chi connectivity index (χ1) is 8.85. The highest BCUT2D eigenvalue weighted by molar-refractivity contribution is 5.82. The molecule has 1 N–H and O–H groups in total. The van der Waals surface area contributed by atoms with E-state index in [1.807, 2.05) is 27.7 Å². The Bertz CT molecular complexity index is 347. The highest BCUT2D eigenvalue weighted by atomic mass is 16.5. The van der Waals surface area contributed by atoms with Gasteiger partial charge in [0.05, 0.1) is 24.7 Å². The van der Waals surface area contributed by atoms with Gasteiger partial charge in [-0.05, 0) is 34.1 Å². The third-order valence-corrected chi connectivity index (χ3v) is 3.30. The van der Waals surface area contributed by atoms with Crippen molar-refractivity contribution in [3.05, 3.63) is 0 Å². The van der Waals surface area contributed by atoms with E-state index in [1.165, 1.54) is 0 Å². The second-order valence-electron chi connectivity index (χ2n) is 6.04. The summed E-state index contributed by atoms with van der Waals surface area (Å²) in [6.07, 6.45) is 0.759. The number of hydrogen-bond donors (Lipinski definition) is 1. The molecule has 0 saturated carbocycles. The number of morpholine rings is 1. The smallest absolute Gasteiger partial charge is 0.239 e. The first-order valence-corrected chi connectivity index (χ1v) is 6.89. The van der Waals surface area contributed by atoms with Gasteiger partial charge in [0.2, 0.25) is 5.91 Å². The number of ether oxygens (including phenoxy) is 1. The van der Waals surface area contributed by atoms with Crippen LogP contribution in [0.2, 0.25) is 0 Å². The number of rotatable bonds is 5. The van der Waals surface area contributed by atoms with Crippen molar-refractivity contribution in [3.8, 4) is 6.07 Å². The normalized spacial score (nSPS) is 21.2. The summed E-state index contributed by atoms with van der Waals surface area (Å²) in [5, 5.41) is 12.0. The molecule has 1 heterocycles. The third-order valence-electron chi connectivity index (χ3n) is 3.30. The molecule has 0 aromatic carbocycles. The molecule has 5 heteroatoms. The van der Waals surface area contributed by atoms with E-state index >= 15 is 0 Å². The van der Waals surface area contributed by atoms with E-state index in [1.54, 1.807) is 0 Å². The standard InChI is InChI=1S/C14H25N3O2/c1-11(2)16-13(18)12-9-19-8-7-17(12)6-5-14(3,4)10-15/h11-12H,5-9H2,1-4H3,(H,16,18). The first-order valence-electron chi connectivity index (χ1n) is 6.89. The minimum atomic E-state index is -0.350. The Morgan fingerprint density at radius 3 is 2.84 bits per heavy atom. The molecular weight excluding hydrogens is 242 g/mol. The molecule has 0 aromatic heterocycles. The monoisotopic (exact) mass is 267 g/mol. The second kappa shape index (κ2) is 6.88. The van der Waals surface area contributed by atoms with Gasteiger partial charge in [-0.1, -0.05) is 0 Å². The van der Waals surface area contributed by atoms with Crippen LogP contribution in [0.4, 0.5) is 0 Å². The second-order valence-corrected chi connectivity index (χ2v) is 6.04.